The van der Waals surface area contributed by atoms with Crippen LogP contribution in [0.5, 0.6) is 0 Å². The predicted molar refractivity (Wildman–Crippen MR) is 53.4 cm³/mol. The van der Waals surface area contributed by atoms with E-state index in [1.54, 1.807) is 12.1 Å². The van der Waals surface area contributed by atoms with Gasteiger partial charge in [-0.15, -0.1) is 0 Å². The first-order valence-electron chi connectivity index (χ1n) is 4.16. The van der Waals surface area contributed by atoms with Crippen molar-refractivity contribution in [1.82, 2.24) is 4.98 Å². The highest BCUT2D eigenvalue weighted by Gasteiger charge is 2.07. The summed E-state index contributed by atoms with van der Waals surface area (Å²) >= 11 is 5.85. The molecule has 2 rings (SSSR count). The Morgan fingerprint density at radius 1 is 1.20 bits per heavy atom. The van der Waals surface area contributed by atoms with Gasteiger partial charge in [-0.05, 0) is 24.3 Å². The van der Waals surface area contributed by atoms with E-state index in [2.05, 4.69) is 4.98 Å². The minimum absolute atomic E-state index is 0.300. The Hall–Kier alpha value is -1.48. The number of rotatable bonds is 1. The Morgan fingerprint density at radius 3 is 2.47 bits per heavy atom. The van der Waals surface area contributed by atoms with Crippen molar-refractivity contribution < 1.29 is 8.78 Å². The first kappa shape index (κ1) is 10.1. The highest BCUT2D eigenvalue weighted by atomic mass is 35.5. The van der Waals surface area contributed by atoms with E-state index in [9.17, 15) is 8.78 Å². The van der Waals surface area contributed by atoms with Gasteiger partial charge in [-0.1, -0.05) is 11.6 Å². The van der Waals surface area contributed by atoms with Crippen LogP contribution in [0.15, 0.2) is 30.5 Å². The maximum absolute atomic E-state index is 12.9. The van der Waals surface area contributed by atoms with Gasteiger partial charge in [0.2, 0.25) is 0 Å². The van der Waals surface area contributed by atoms with Crippen LogP contribution in [0.3, 0.4) is 0 Å². The highest BCUT2D eigenvalue weighted by molar-refractivity contribution is 6.33. The van der Waals surface area contributed by atoms with Gasteiger partial charge >= 0.3 is 0 Å². The third-order valence-corrected chi connectivity index (χ3v) is 2.14. The normalized spacial score (nSPS) is 10.3. The van der Waals surface area contributed by atoms with E-state index in [1.165, 1.54) is 6.20 Å². The van der Waals surface area contributed by atoms with Crippen molar-refractivity contribution in [1.29, 1.82) is 0 Å². The fourth-order valence-corrected chi connectivity index (χ4v) is 1.47. The largest absolute Gasteiger partial charge is 0.255 e. The predicted octanol–water partition coefficient (Wildman–Crippen LogP) is 3.48. The molecule has 1 nitrogen and oxygen atoms in total. The smallest absolute Gasteiger partial charge is 0.134 e. The van der Waals surface area contributed by atoms with Crippen molar-refractivity contribution in [3.63, 3.8) is 0 Å². The molecule has 0 amide bonds. The van der Waals surface area contributed by atoms with Crippen LogP contribution >= 0.6 is 11.6 Å². The van der Waals surface area contributed by atoms with Gasteiger partial charge in [-0.2, -0.15) is 0 Å². The van der Waals surface area contributed by atoms with Gasteiger partial charge in [-0.25, -0.2) is 8.78 Å². The molecule has 1 heterocycles. The summed E-state index contributed by atoms with van der Waals surface area (Å²) in [5.74, 6) is -1.54. The summed E-state index contributed by atoms with van der Waals surface area (Å²) in [6, 6.07) is 7.42. The molecular weight excluding hydrogens is 220 g/mol. The zero-order chi connectivity index (χ0) is 10.8. The standard InChI is InChI=1S/C11H5ClF2N/c12-10-2-1-3-15-11(10)7-4-8(13)6-9(14)5-7/h1-5H. The molecule has 4 heteroatoms. The molecule has 75 valence electrons. The molecule has 0 saturated heterocycles. The van der Waals surface area contributed by atoms with Gasteiger partial charge in [0, 0.05) is 11.8 Å². The van der Waals surface area contributed by atoms with Crippen LogP contribution in [0.25, 0.3) is 11.3 Å². The molecule has 0 spiro atoms. The second-order valence-corrected chi connectivity index (χ2v) is 3.31. The van der Waals surface area contributed by atoms with Gasteiger partial charge in [0.15, 0.2) is 0 Å². The number of nitrogens with zero attached hydrogens (tertiary/aromatic N) is 1. The van der Waals surface area contributed by atoms with E-state index in [-0.39, 0.29) is 0 Å². The quantitative estimate of drug-likeness (QED) is 0.723. The number of hydrogen-bond donors (Lipinski definition) is 0. The van der Waals surface area contributed by atoms with Crippen LogP contribution in [-0.2, 0) is 0 Å². The van der Waals surface area contributed by atoms with Gasteiger partial charge in [-0.3, -0.25) is 4.98 Å². The molecule has 1 aromatic heterocycles. The van der Waals surface area contributed by atoms with Crippen molar-refractivity contribution in [3.05, 3.63) is 53.2 Å². The third kappa shape index (κ3) is 2.13. The Balaban J connectivity index is 2.59. The van der Waals surface area contributed by atoms with E-state index in [0.717, 1.165) is 12.1 Å². The lowest BCUT2D eigenvalue weighted by molar-refractivity contribution is 0.580. The van der Waals surface area contributed by atoms with Crippen molar-refractivity contribution in [2.75, 3.05) is 0 Å². The number of benzene rings is 1. The number of pyridine rings is 1. The Labute approximate surface area is 90.3 Å². The van der Waals surface area contributed by atoms with E-state index >= 15 is 0 Å². The van der Waals surface area contributed by atoms with Gasteiger partial charge in [0.25, 0.3) is 0 Å². The van der Waals surface area contributed by atoms with Gasteiger partial charge in [0.1, 0.15) is 11.6 Å². The molecule has 0 aliphatic carbocycles. The minimum atomic E-state index is -0.772. The highest BCUT2D eigenvalue weighted by Crippen LogP contribution is 2.25. The van der Waals surface area contributed by atoms with Crippen molar-refractivity contribution in [2.45, 2.75) is 0 Å². The van der Waals surface area contributed by atoms with Crippen molar-refractivity contribution in [2.24, 2.45) is 0 Å². The van der Waals surface area contributed by atoms with Crippen molar-refractivity contribution in [3.8, 4) is 11.3 Å². The molecule has 1 aromatic carbocycles. The average molecular weight is 225 g/mol. The minimum Gasteiger partial charge on any atom is -0.255 e. The summed E-state index contributed by atoms with van der Waals surface area (Å²) < 4.78 is 25.8. The lowest BCUT2D eigenvalue weighted by Gasteiger charge is -2.02. The zero-order valence-electron chi connectivity index (χ0n) is 7.47. The first-order chi connectivity index (χ1) is 7.16. The second-order valence-electron chi connectivity index (χ2n) is 2.90. The number of halogens is 3. The van der Waals surface area contributed by atoms with Gasteiger partial charge < -0.3 is 0 Å². The topological polar surface area (TPSA) is 12.9 Å². The van der Waals surface area contributed by atoms with Crippen molar-refractivity contribution >= 4 is 11.6 Å². The molecule has 0 saturated carbocycles. The molecule has 0 fully saturated rings. The van der Waals surface area contributed by atoms with E-state index in [0.29, 0.717) is 16.3 Å². The molecular formula is C11H5ClF2N. The summed E-state index contributed by atoms with van der Waals surface area (Å²) in [5.41, 5.74) is 0.653. The molecule has 1 radical (unpaired) electrons. The van der Waals surface area contributed by atoms with Crippen LogP contribution in [0, 0.1) is 17.7 Å². The molecule has 0 N–H and O–H groups in total. The molecule has 0 aliphatic rings. The van der Waals surface area contributed by atoms with Crippen LogP contribution in [-0.4, -0.2) is 4.98 Å². The average Bonchev–Trinajstić information content (AvgIpc) is 2.16. The van der Waals surface area contributed by atoms with Crippen LogP contribution in [0.2, 0.25) is 5.02 Å². The second kappa shape index (κ2) is 3.95. The fourth-order valence-electron chi connectivity index (χ4n) is 1.24. The Kier molecular flexibility index (Phi) is 2.64. The summed E-state index contributed by atoms with van der Waals surface area (Å²) in [4.78, 5) is 3.95. The SMILES string of the molecule is Fc1[c]c(F)cc(-c2ncccc2Cl)c1. The lowest BCUT2D eigenvalue weighted by atomic mass is 10.1. The molecule has 0 atom stereocenters. The van der Waals surface area contributed by atoms with Gasteiger partial charge in [0.05, 0.1) is 16.8 Å². The summed E-state index contributed by atoms with van der Waals surface area (Å²) in [6.07, 6.45) is 1.51. The Bertz CT molecular complexity index is 479. The summed E-state index contributed by atoms with van der Waals surface area (Å²) in [7, 11) is 0. The number of aromatic nitrogens is 1. The van der Waals surface area contributed by atoms with E-state index in [4.69, 9.17) is 11.6 Å². The fraction of sp³-hybridized carbons (Fsp3) is 0. The first-order valence-corrected chi connectivity index (χ1v) is 4.54. The molecule has 15 heavy (non-hydrogen) atoms. The van der Waals surface area contributed by atoms with Crippen LogP contribution in [0.4, 0.5) is 8.78 Å². The number of hydrogen-bond acceptors (Lipinski definition) is 1. The molecule has 2 aromatic rings. The lowest BCUT2D eigenvalue weighted by Crippen LogP contribution is -1.88. The molecule has 0 aliphatic heterocycles. The summed E-state index contributed by atoms with van der Waals surface area (Å²) in [5, 5.41) is 0.350. The van der Waals surface area contributed by atoms with Crippen LogP contribution in [0.1, 0.15) is 0 Å². The maximum atomic E-state index is 12.9. The summed E-state index contributed by atoms with van der Waals surface area (Å²) in [6.45, 7) is 0. The molecule has 0 unspecified atom stereocenters. The maximum Gasteiger partial charge on any atom is 0.134 e. The zero-order valence-corrected chi connectivity index (χ0v) is 8.22. The third-order valence-electron chi connectivity index (χ3n) is 1.84. The van der Waals surface area contributed by atoms with E-state index in [1.807, 2.05) is 6.07 Å². The van der Waals surface area contributed by atoms with Crippen LogP contribution < -0.4 is 0 Å². The van der Waals surface area contributed by atoms with E-state index < -0.39 is 11.6 Å². The molecule has 0 bridgehead atoms. The Morgan fingerprint density at radius 2 is 1.87 bits per heavy atom. The monoisotopic (exact) mass is 224 g/mol.